The molecule has 0 radical (unpaired) electrons. The van der Waals surface area contributed by atoms with Crippen LogP contribution in [0, 0.1) is 0 Å². The number of benzene rings is 2. The van der Waals surface area contributed by atoms with Crippen LogP contribution in [0.4, 0.5) is 0 Å². The van der Waals surface area contributed by atoms with Gasteiger partial charge in [-0.3, -0.25) is 0 Å². The van der Waals surface area contributed by atoms with Crippen molar-refractivity contribution >= 4 is 80.6 Å². The van der Waals surface area contributed by atoms with Gasteiger partial charge >= 0.3 is 0 Å². The Morgan fingerprint density at radius 2 is 0.897 bits per heavy atom. The Balaban J connectivity index is 1.29. The van der Waals surface area contributed by atoms with Crippen LogP contribution in [0.15, 0.2) is 130 Å². The molecule has 5 heterocycles. The highest BCUT2D eigenvalue weighted by atomic mass is 32.2. The number of hydrogen-bond acceptors (Lipinski definition) is 7. The molecule has 194 valence electrons. The van der Waals surface area contributed by atoms with Crippen LogP contribution in [0.2, 0.25) is 0 Å². The molecule has 7 rings (SSSR count). The predicted molar refractivity (Wildman–Crippen MR) is 181 cm³/mol. The molecule has 7 heteroatoms. The predicted octanol–water partition coefficient (Wildman–Crippen LogP) is 12.1. The summed E-state index contributed by atoms with van der Waals surface area (Å²) in [5.41, 5.74) is 0. The van der Waals surface area contributed by atoms with E-state index in [-0.39, 0.29) is 0 Å². The molecule has 4 unspecified atom stereocenters. The van der Waals surface area contributed by atoms with Gasteiger partial charge in [0.05, 0.1) is 10.5 Å². The summed E-state index contributed by atoms with van der Waals surface area (Å²) < 4.78 is 0. The third-order valence-electron chi connectivity index (χ3n) is 6.59. The van der Waals surface area contributed by atoms with Gasteiger partial charge in [0.2, 0.25) is 0 Å². The third kappa shape index (κ3) is 5.73. The lowest BCUT2D eigenvalue weighted by Gasteiger charge is -2.25. The van der Waals surface area contributed by atoms with Gasteiger partial charge < -0.3 is 0 Å². The fourth-order valence-electron chi connectivity index (χ4n) is 4.80. The van der Waals surface area contributed by atoms with Crippen LogP contribution in [-0.2, 0) is 0 Å². The van der Waals surface area contributed by atoms with Crippen LogP contribution < -0.4 is 0 Å². The van der Waals surface area contributed by atoms with E-state index in [0.717, 1.165) is 0 Å². The van der Waals surface area contributed by atoms with Gasteiger partial charge in [0, 0.05) is 49.6 Å². The van der Waals surface area contributed by atoms with E-state index in [9.17, 15) is 0 Å². The standard InChI is InChI=1S/C32H24S7/c1-3-9-21(10-4-1)35-31-29(27-17-15-25(37-27)23-13-7-19-33-23)39-30(32(31)36-22-11-5-2-6-12-22)28-18-16-26(38-28)24-14-8-20-34-24/h1-20,29-32H. The van der Waals surface area contributed by atoms with E-state index < -0.39 is 0 Å². The maximum absolute atomic E-state index is 2.40. The number of thioether (sulfide) groups is 3. The zero-order valence-corrected chi connectivity index (χ0v) is 26.4. The van der Waals surface area contributed by atoms with E-state index in [2.05, 4.69) is 155 Å². The van der Waals surface area contributed by atoms with Gasteiger partial charge in [-0.25, -0.2) is 0 Å². The molecule has 0 amide bonds. The molecule has 0 aliphatic carbocycles. The summed E-state index contributed by atoms with van der Waals surface area (Å²) in [5, 5.41) is 6.08. The van der Waals surface area contributed by atoms with Crippen molar-refractivity contribution in [2.45, 2.75) is 30.8 Å². The minimum Gasteiger partial charge on any atom is -0.143 e. The summed E-state index contributed by atoms with van der Waals surface area (Å²) in [5.74, 6) is 0. The highest BCUT2D eigenvalue weighted by Crippen LogP contribution is 2.64. The molecule has 1 aliphatic rings. The van der Waals surface area contributed by atoms with Crippen molar-refractivity contribution in [1.82, 2.24) is 0 Å². The van der Waals surface area contributed by atoms with Crippen molar-refractivity contribution in [3.63, 3.8) is 0 Å². The van der Waals surface area contributed by atoms with Crippen LogP contribution in [0.5, 0.6) is 0 Å². The fourth-order valence-corrected chi connectivity index (χ4v) is 14.4. The minimum atomic E-state index is 0.424. The van der Waals surface area contributed by atoms with Crippen molar-refractivity contribution in [2.75, 3.05) is 0 Å². The van der Waals surface area contributed by atoms with Crippen molar-refractivity contribution < 1.29 is 0 Å². The van der Waals surface area contributed by atoms with Gasteiger partial charge in [-0.15, -0.1) is 80.6 Å². The molecule has 0 saturated carbocycles. The Morgan fingerprint density at radius 3 is 1.31 bits per heavy atom. The maximum Gasteiger partial charge on any atom is 0.0531 e. The van der Waals surface area contributed by atoms with Gasteiger partial charge in [-0.1, -0.05) is 48.5 Å². The van der Waals surface area contributed by atoms with E-state index in [1.165, 1.54) is 39.1 Å². The molecule has 4 atom stereocenters. The largest absolute Gasteiger partial charge is 0.143 e. The first kappa shape index (κ1) is 26.2. The molecule has 6 aromatic rings. The average Bonchev–Trinajstić information content (AvgIpc) is 3.79. The average molecular weight is 633 g/mol. The zero-order valence-electron chi connectivity index (χ0n) is 20.7. The van der Waals surface area contributed by atoms with E-state index in [4.69, 9.17) is 0 Å². The monoisotopic (exact) mass is 632 g/mol. The van der Waals surface area contributed by atoms with Crippen LogP contribution in [0.1, 0.15) is 20.3 Å². The van der Waals surface area contributed by atoms with Crippen LogP contribution >= 0.6 is 80.6 Å². The third-order valence-corrected chi connectivity index (χ3v) is 16.3. The lowest BCUT2D eigenvalue weighted by Crippen LogP contribution is -2.21. The minimum absolute atomic E-state index is 0.424. The second-order valence-corrected chi connectivity index (χ2v) is 17.0. The first-order valence-electron chi connectivity index (χ1n) is 12.7. The Bertz CT molecular complexity index is 1480. The first-order chi connectivity index (χ1) is 19.3. The zero-order chi connectivity index (χ0) is 26.0. The summed E-state index contributed by atoms with van der Waals surface area (Å²) in [6.45, 7) is 0. The number of hydrogen-bond donors (Lipinski definition) is 0. The molecule has 4 aromatic heterocycles. The van der Waals surface area contributed by atoms with Crippen LogP contribution in [0.25, 0.3) is 19.5 Å². The quantitative estimate of drug-likeness (QED) is 0.164. The fraction of sp³-hybridized carbons (Fsp3) is 0.125. The van der Waals surface area contributed by atoms with Crippen molar-refractivity contribution in [1.29, 1.82) is 0 Å². The summed E-state index contributed by atoms with van der Waals surface area (Å²) in [6.07, 6.45) is 0. The van der Waals surface area contributed by atoms with Gasteiger partial charge in [0.15, 0.2) is 0 Å². The van der Waals surface area contributed by atoms with E-state index in [1.807, 2.05) is 45.3 Å². The highest BCUT2D eigenvalue weighted by molar-refractivity contribution is 8.08. The molecule has 1 fully saturated rings. The Morgan fingerprint density at radius 1 is 0.436 bits per heavy atom. The number of thiophene rings is 4. The van der Waals surface area contributed by atoms with Gasteiger partial charge in [-0.05, 0) is 71.4 Å². The van der Waals surface area contributed by atoms with E-state index >= 15 is 0 Å². The Hall–Kier alpha value is -1.71. The lowest BCUT2D eigenvalue weighted by atomic mass is 10.1. The van der Waals surface area contributed by atoms with Crippen LogP contribution in [0.3, 0.4) is 0 Å². The topological polar surface area (TPSA) is 0 Å². The molecule has 0 N–H and O–H groups in total. The second-order valence-electron chi connectivity index (χ2n) is 9.13. The molecule has 1 saturated heterocycles. The van der Waals surface area contributed by atoms with Gasteiger partial charge in [-0.2, -0.15) is 0 Å². The van der Waals surface area contributed by atoms with Crippen LogP contribution in [-0.4, -0.2) is 10.5 Å². The molecular formula is C32H24S7. The van der Waals surface area contributed by atoms with Crippen molar-refractivity contribution in [2.24, 2.45) is 0 Å². The van der Waals surface area contributed by atoms with E-state index in [1.54, 1.807) is 0 Å². The molecule has 0 nitrogen and oxygen atoms in total. The number of rotatable bonds is 8. The van der Waals surface area contributed by atoms with E-state index in [0.29, 0.717) is 21.0 Å². The van der Waals surface area contributed by atoms with Gasteiger partial charge in [0.25, 0.3) is 0 Å². The molecular weight excluding hydrogens is 609 g/mol. The smallest absolute Gasteiger partial charge is 0.0531 e. The highest BCUT2D eigenvalue weighted by Gasteiger charge is 2.47. The summed E-state index contributed by atoms with van der Waals surface area (Å²) >= 11 is 13.9. The summed E-state index contributed by atoms with van der Waals surface area (Å²) in [7, 11) is 0. The molecule has 2 aromatic carbocycles. The van der Waals surface area contributed by atoms with Gasteiger partial charge in [0.1, 0.15) is 0 Å². The lowest BCUT2D eigenvalue weighted by molar-refractivity contribution is 0.814. The summed E-state index contributed by atoms with van der Waals surface area (Å²) in [6, 6.07) is 40.3. The SMILES string of the molecule is c1ccc(SC2C(c3ccc(-c4cccs4)s3)SC(c3ccc(-c4cccs4)s3)C2Sc2ccccc2)cc1. The Labute approximate surface area is 258 Å². The Kier molecular flexibility index (Phi) is 8.08. The molecule has 1 aliphatic heterocycles. The maximum atomic E-state index is 2.40. The first-order valence-corrected chi connectivity index (χ1v) is 18.8. The second kappa shape index (κ2) is 12.0. The molecule has 0 spiro atoms. The van der Waals surface area contributed by atoms with Crippen molar-refractivity contribution in [3.05, 3.63) is 130 Å². The molecule has 0 bridgehead atoms. The molecule has 39 heavy (non-hydrogen) atoms. The summed E-state index contributed by atoms with van der Waals surface area (Å²) in [4.78, 5) is 11.2. The van der Waals surface area contributed by atoms with Crippen molar-refractivity contribution in [3.8, 4) is 19.5 Å². The normalized spacial score (nSPS) is 20.9.